The van der Waals surface area contributed by atoms with Crippen LogP contribution in [0.4, 0.5) is 0 Å². The highest BCUT2D eigenvalue weighted by atomic mass is 16.5. The summed E-state index contributed by atoms with van der Waals surface area (Å²) in [5.74, 6) is -0.0488. The topological polar surface area (TPSA) is 81.3 Å². The Bertz CT molecular complexity index is 840. The number of piperidine rings is 1. The second-order valence-electron chi connectivity index (χ2n) is 8.25. The third-order valence-corrected chi connectivity index (χ3v) is 6.37. The second-order valence-corrected chi connectivity index (χ2v) is 8.25. The first-order valence-corrected chi connectivity index (χ1v) is 11.2. The summed E-state index contributed by atoms with van der Waals surface area (Å²) in [6.45, 7) is 10.5. The van der Waals surface area contributed by atoms with E-state index >= 15 is 0 Å². The lowest BCUT2D eigenvalue weighted by atomic mass is 9.98. The van der Waals surface area contributed by atoms with E-state index in [-0.39, 0.29) is 5.91 Å². The van der Waals surface area contributed by atoms with Crippen molar-refractivity contribution in [3.63, 3.8) is 0 Å². The molecule has 2 saturated heterocycles. The molecule has 0 aromatic carbocycles. The van der Waals surface area contributed by atoms with Crippen molar-refractivity contribution in [3.05, 3.63) is 29.3 Å². The van der Waals surface area contributed by atoms with Gasteiger partial charge >= 0.3 is 0 Å². The minimum atomic E-state index is -0.0488. The van der Waals surface area contributed by atoms with Crippen LogP contribution in [-0.2, 0) is 24.4 Å². The molecule has 2 aromatic rings. The maximum atomic E-state index is 12.6. The molecule has 0 radical (unpaired) electrons. The van der Waals surface area contributed by atoms with Gasteiger partial charge in [-0.2, -0.15) is 5.10 Å². The Balaban J connectivity index is 1.34. The number of aryl methyl sites for hydroxylation is 2. The summed E-state index contributed by atoms with van der Waals surface area (Å²) in [4.78, 5) is 17.0. The van der Waals surface area contributed by atoms with E-state index in [4.69, 9.17) is 4.74 Å². The van der Waals surface area contributed by atoms with Gasteiger partial charge in [0.25, 0.3) is 5.91 Å². The van der Waals surface area contributed by atoms with Crippen molar-refractivity contribution in [1.82, 2.24) is 34.6 Å². The number of rotatable bonds is 7. The van der Waals surface area contributed by atoms with Gasteiger partial charge in [-0.1, -0.05) is 11.6 Å². The van der Waals surface area contributed by atoms with Gasteiger partial charge in [-0.15, -0.1) is 5.10 Å². The molecule has 1 unspecified atom stereocenters. The standard InChI is InChI=1S/C21H33N7O2/c1-3-28-17(2)18(14-22-28)15-26-8-5-4-6-19(26)7-9-27-16-20(23-24-27)21(29)25-10-12-30-13-11-25/h14,16,19H,3-13,15H2,1-2H3. The molecule has 9 heteroatoms. The molecule has 0 bridgehead atoms. The van der Waals surface area contributed by atoms with Crippen LogP contribution >= 0.6 is 0 Å². The van der Waals surface area contributed by atoms with E-state index < -0.39 is 0 Å². The number of hydrogen-bond donors (Lipinski definition) is 0. The van der Waals surface area contributed by atoms with Crippen molar-refractivity contribution in [2.75, 3.05) is 32.8 Å². The van der Waals surface area contributed by atoms with E-state index in [1.54, 1.807) is 11.1 Å². The van der Waals surface area contributed by atoms with E-state index in [1.807, 2.05) is 10.9 Å². The molecule has 164 valence electrons. The van der Waals surface area contributed by atoms with E-state index in [2.05, 4.69) is 38.8 Å². The normalized spacial score (nSPS) is 20.6. The summed E-state index contributed by atoms with van der Waals surface area (Å²) >= 11 is 0. The molecule has 1 atom stereocenters. The molecule has 2 aliphatic rings. The summed E-state index contributed by atoms with van der Waals surface area (Å²) in [6, 6.07) is 0.519. The van der Waals surface area contributed by atoms with Gasteiger partial charge in [0.05, 0.1) is 25.6 Å². The molecule has 4 heterocycles. The van der Waals surface area contributed by atoms with Gasteiger partial charge in [0.15, 0.2) is 5.69 Å². The molecule has 4 rings (SSSR count). The first-order chi connectivity index (χ1) is 14.7. The van der Waals surface area contributed by atoms with Gasteiger partial charge in [0.2, 0.25) is 0 Å². The number of amides is 1. The summed E-state index contributed by atoms with van der Waals surface area (Å²) < 4.78 is 9.21. The lowest BCUT2D eigenvalue weighted by Crippen LogP contribution is -2.40. The lowest BCUT2D eigenvalue weighted by Gasteiger charge is -2.35. The first-order valence-electron chi connectivity index (χ1n) is 11.2. The quantitative estimate of drug-likeness (QED) is 0.685. The number of carbonyl (C=O) groups is 1. The molecule has 1 amide bonds. The zero-order chi connectivity index (χ0) is 20.9. The average Bonchev–Trinajstić information content (AvgIpc) is 3.40. The van der Waals surface area contributed by atoms with Gasteiger partial charge in [0, 0.05) is 50.0 Å². The van der Waals surface area contributed by atoms with E-state index in [9.17, 15) is 4.79 Å². The first kappa shape index (κ1) is 21.0. The number of morpholine rings is 1. The minimum Gasteiger partial charge on any atom is -0.378 e. The Morgan fingerprint density at radius 3 is 2.83 bits per heavy atom. The van der Waals surface area contributed by atoms with Crippen molar-refractivity contribution in [2.24, 2.45) is 0 Å². The van der Waals surface area contributed by atoms with Crippen LogP contribution in [0.2, 0.25) is 0 Å². The Kier molecular flexibility index (Phi) is 6.79. The van der Waals surface area contributed by atoms with Crippen LogP contribution in [0.5, 0.6) is 0 Å². The Morgan fingerprint density at radius 2 is 2.07 bits per heavy atom. The number of likely N-dealkylation sites (tertiary alicyclic amines) is 1. The van der Waals surface area contributed by atoms with E-state index in [1.165, 1.54) is 30.5 Å². The van der Waals surface area contributed by atoms with Crippen LogP contribution in [0.25, 0.3) is 0 Å². The van der Waals surface area contributed by atoms with E-state index in [0.717, 1.165) is 32.6 Å². The number of aromatic nitrogens is 5. The van der Waals surface area contributed by atoms with Crippen molar-refractivity contribution < 1.29 is 9.53 Å². The molecule has 2 aromatic heterocycles. The van der Waals surface area contributed by atoms with Crippen molar-refractivity contribution >= 4 is 5.91 Å². The molecular formula is C21H33N7O2. The van der Waals surface area contributed by atoms with Gasteiger partial charge in [-0.3, -0.25) is 19.1 Å². The SMILES string of the molecule is CCn1ncc(CN2CCCCC2CCn2cc(C(=O)N3CCOCC3)nn2)c1C. The fourth-order valence-corrected chi connectivity index (χ4v) is 4.49. The fourth-order valence-electron chi connectivity index (χ4n) is 4.49. The third kappa shape index (κ3) is 4.73. The van der Waals surface area contributed by atoms with Gasteiger partial charge in [-0.05, 0) is 39.7 Å². The van der Waals surface area contributed by atoms with Crippen molar-refractivity contribution in [3.8, 4) is 0 Å². The molecule has 9 nitrogen and oxygen atoms in total. The maximum Gasteiger partial charge on any atom is 0.276 e. The number of nitrogens with zero attached hydrogens (tertiary/aromatic N) is 7. The van der Waals surface area contributed by atoms with Crippen molar-refractivity contribution in [1.29, 1.82) is 0 Å². The Hall–Kier alpha value is -2.26. The molecular weight excluding hydrogens is 382 g/mol. The molecule has 0 saturated carbocycles. The van der Waals surface area contributed by atoms with Gasteiger partial charge in [-0.25, -0.2) is 0 Å². The van der Waals surface area contributed by atoms with Crippen LogP contribution < -0.4 is 0 Å². The molecule has 2 fully saturated rings. The van der Waals surface area contributed by atoms with Gasteiger partial charge < -0.3 is 9.64 Å². The average molecular weight is 416 g/mol. The van der Waals surface area contributed by atoms with Gasteiger partial charge in [0.1, 0.15) is 0 Å². The summed E-state index contributed by atoms with van der Waals surface area (Å²) in [5, 5.41) is 12.8. The molecule has 30 heavy (non-hydrogen) atoms. The maximum absolute atomic E-state index is 12.6. The molecule has 0 N–H and O–H groups in total. The predicted octanol–water partition coefficient (Wildman–Crippen LogP) is 1.72. The monoisotopic (exact) mass is 415 g/mol. The summed E-state index contributed by atoms with van der Waals surface area (Å²) in [7, 11) is 0. The smallest absolute Gasteiger partial charge is 0.276 e. The highest BCUT2D eigenvalue weighted by Gasteiger charge is 2.25. The molecule has 0 spiro atoms. The lowest BCUT2D eigenvalue weighted by molar-refractivity contribution is 0.0299. The van der Waals surface area contributed by atoms with Crippen LogP contribution in [0.3, 0.4) is 0 Å². The largest absolute Gasteiger partial charge is 0.378 e. The van der Waals surface area contributed by atoms with Crippen LogP contribution in [0, 0.1) is 6.92 Å². The van der Waals surface area contributed by atoms with Crippen LogP contribution in [0.1, 0.15) is 54.4 Å². The Labute approximate surface area is 178 Å². The summed E-state index contributed by atoms with van der Waals surface area (Å²) in [5.41, 5.74) is 3.02. The zero-order valence-electron chi connectivity index (χ0n) is 18.2. The highest BCUT2D eigenvalue weighted by molar-refractivity contribution is 5.91. The number of hydrogen-bond acceptors (Lipinski definition) is 6. The Morgan fingerprint density at radius 1 is 1.23 bits per heavy atom. The minimum absolute atomic E-state index is 0.0488. The number of carbonyl (C=O) groups excluding carboxylic acids is 1. The molecule has 0 aliphatic carbocycles. The predicted molar refractivity (Wildman–Crippen MR) is 112 cm³/mol. The van der Waals surface area contributed by atoms with Crippen molar-refractivity contribution in [2.45, 2.75) is 65.2 Å². The number of ether oxygens (including phenoxy) is 1. The second kappa shape index (κ2) is 9.70. The van der Waals surface area contributed by atoms with E-state index in [0.29, 0.717) is 38.0 Å². The molecule has 2 aliphatic heterocycles. The third-order valence-electron chi connectivity index (χ3n) is 6.37. The highest BCUT2D eigenvalue weighted by Crippen LogP contribution is 2.23. The summed E-state index contributed by atoms with van der Waals surface area (Å²) in [6.07, 6.45) is 8.54. The van der Waals surface area contributed by atoms with Crippen LogP contribution in [0.15, 0.2) is 12.4 Å². The van der Waals surface area contributed by atoms with Crippen LogP contribution in [-0.4, -0.2) is 79.4 Å². The fraction of sp³-hybridized carbons (Fsp3) is 0.714. The zero-order valence-corrected chi connectivity index (χ0v) is 18.2.